The van der Waals surface area contributed by atoms with Crippen LogP contribution >= 0.6 is 0 Å². The van der Waals surface area contributed by atoms with E-state index in [0.29, 0.717) is 5.92 Å². The van der Waals surface area contributed by atoms with Crippen LogP contribution in [0.5, 0.6) is 0 Å². The average molecular weight is 203 g/mol. The first kappa shape index (κ1) is 13.2. The van der Waals surface area contributed by atoms with Crippen molar-refractivity contribution >= 4 is 0 Å². The molecule has 0 aromatic heterocycles. The zero-order valence-electron chi connectivity index (χ0n) is 9.36. The maximum Gasteiger partial charge on any atom is 0.294 e. The molecule has 2 atom stereocenters. The van der Waals surface area contributed by atoms with Crippen molar-refractivity contribution in [2.24, 2.45) is 5.92 Å². The van der Waals surface area contributed by atoms with Crippen LogP contribution in [0.3, 0.4) is 0 Å². The van der Waals surface area contributed by atoms with Crippen molar-refractivity contribution in [1.29, 1.82) is 0 Å². The average Bonchev–Trinajstić information content (AvgIpc) is 2.03. The van der Waals surface area contributed by atoms with Crippen molar-refractivity contribution in [3.63, 3.8) is 0 Å². The molecule has 2 unspecified atom stereocenters. The van der Waals surface area contributed by atoms with E-state index < -0.39 is 5.09 Å². The quantitative estimate of drug-likeness (QED) is 0.511. The molecule has 0 saturated heterocycles. The second-order valence-electron chi connectivity index (χ2n) is 3.93. The maximum absolute atomic E-state index is 9.96. The Labute approximate surface area is 85.7 Å². The summed E-state index contributed by atoms with van der Waals surface area (Å²) in [6, 6.07) is 0. The van der Waals surface area contributed by atoms with E-state index in [1.807, 2.05) is 0 Å². The number of hydrogen-bond donors (Lipinski definition) is 0. The minimum Gasteiger partial charge on any atom is -0.311 e. The molecule has 0 aliphatic heterocycles. The van der Waals surface area contributed by atoms with Crippen LogP contribution in [0.2, 0.25) is 0 Å². The van der Waals surface area contributed by atoms with Crippen molar-refractivity contribution in [1.82, 2.24) is 0 Å². The standard InChI is InChI=1S/C7H13NO3.C3H8/c1-6-3-2-4-7(5-6)11-8(9)10;1-3-2/h6-7H,2-5H2,1H3;3H2,1-2H3. The number of nitrogens with zero attached hydrogens (tertiary/aromatic N) is 1. The van der Waals surface area contributed by atoms with E-state index in [-0.39, 0.29) is 6.10 Å². The second kappa shape index (κ2) is 7.59. The van der Waals surface area contributed by atoms with Gasteiger partial charge in [0.1, 0.15) is 6.10 Å². The fraction of sp³-hybridized carbons (Fsp3) is 1.00. The molecule has 0 spiro atoms. The van der Waals surface area contributed by atoms with E-state index in [4.69, 9.17) is 0 Å². The third-order valence-corrected chi connectivity index (χ3v) is 2.12. The van der Waals surface area contributed by atoms with Crippen LogP contribution in [0.15, 0.2) is 0 Å². The zero-order valence-corrected chi connectivity index (χ0v) is 9.36. The molecule has 0 radical (unpaired) electrons. The topological polar surface area (TPSA) is 52.4 Å². The summed E-state index contributed by atoms with van der Waals surface area (Å²) in [6.07, 6.45) is 5.01. The molecule has 4 heteroatoms. The lowest BCUT2D eigenvalue weighted by Gasteiger charge is -2.24. The summed E-state index contributed by atoms with van der Waals surface area (Å²) in [5.41, 5.74) is 0. The Kier molecular flexibility index (Phi) is 7.16. The summed E-state index contributed by atoms with van der Waals surface area (Å²) < 4.78 is 0. The van der Waals surface area contributed by atoms with E-state index in [1.165, 1.54) is 12.8 Å². The van der Waals surface area contributed by atoms with Crippen LogP contribution in [0, 0.1) is 16.0 Å². The third kappa shape index (κ3) is 6.69. The Bertz CT molecular complexity index is 161. The molecular weight excluding hydrogens is 182 g/mol. The van der Waals surface area contributed by atoms with Crippen LogP contribution in [0.1, 0.15) is 52.9 Å². The molecular formula is C10H21NO3. The van der Waals surface area contributed by atoms with Gasteiger partial charge in [-0.25, -0.2) is 0 Å². The molecule has 4 nitrogen and oxygen atoms in total. The first-order valence-electron chi connectivity index (χ1n) is 5.41. The van der Waals surface area contributed by atoms with E-state index in [0.717, 1.165) is 19.3 Å². The largest absolute Gasteiger partial charge is 0.311 e. The van der Waals surface area contributed by atoms with Crippen molar-refractivity contribution in [2.75, 3.05) is 0 Å². The minimum absolute atomic E-state index is 0.145. The molecule has 1 aliphatic rings. The molecule has 1 fully saturated rings. The van der Waals surface area contributed by atoms with Gasteiger partial charge in [-0.05, 0) is 18.8 Å². The van der Waals surface area contributed by atoms with Gasteiger partial charge < -0.3 is 4.84 Å². The van der Waals surface area contributed by atoms with Crippen LogP contribution in [-0.2, 0) is 4.84 Å². The fourth-order valence-corrected chi connectivity index (χ4v) is 1.60. The number of hydrogen-bond acceptors (Lipinski definition) is 3. The summed E-state index contributed by atoms with van der Waals surface area (Å²) >= 11 is 0. The Hall–Kier alpha value is -0.800. The van der Waals surface area contributed by atoms with Gasteiger partial charge in [0.15, 0.2) is 0 Å². The third-order valence-electron chi connectivity index (χ3n) is 2.12. The molecule has 0 bridgehead atoms. The lowest BCUT2D eigenvalue weighted by molar-refractivity contribution is -0.769. The molecule has 0 aromatic carbocycles. The van der Waals surface area contributed by atoms with Crippen LogP contribution < -0.4 is 0 Å². The molecule has 0 N–H and O–H groups in total. The van der Waals surface area contributed by atoms with Gasteiger partial charge in [0.2, 0.25) is 0 Å². The van der Waals surface area contributed by atoms with Gasteiger partial charge in [-0.1, -0.05) is 40.0 Å². The molecule has 0 aromatic rings. The predicted octanol–water partition coefficient (Wildman–Crippen LogP) is 3.19. The summed E-state index contributed by atoms with van der Waals surface area (Å²) in [7, 11) is 0. The Balaban J connectivity index is 0.000000500. The van der Waals surface area contributed by atoms with E-state index >= 15 is 0 Å². The Morgan fingerprint density at radius 3 is 2.43 bits per heavy atom. The van der Waals surface area contributed by atoms with E-state index in [9.17, 15) is 10.1 Å². The smallest absolute Gasteiger partial charge is 0.294 e. The highest BCUT2D eigenvalue weighted by Gasteiger charge is 2.21. The highest BCUT2D eigenvalue weighted by atomic mass is 17.0. The minimum atomic E-state index is -0.678. The van der Waals surface area contributed by atoms with Crippen molar-refractivity contribution in [2.45, 2.75) is 59.0 Å². The van der Waals surface area contributed by atoms with Crippen LogP contribution in [-0.4, -0.2) is 11.2 Å². The lowest BCUT2D eigenvalue weighted by Crippen LogP contribution is -2.23. The Morgan fingerprint density at radius 2 is 2.00 bits per heavy atom. The van der Waals surface area contributed by atoms with Gasteiger partial charge >= 0.3 is 0 Å². The van der Waals surface area contributed by atoms with Gasteiger partial charge in [-0.3, -0.25) is 0 Å². The number of rotatable bonds is 2. The van der Waals surface area contributed by atoms with Crippen molar-refractivity contribution in [3.05, 3.63) is 10.1 Å². The summed E-state index contributed by atoms with van der Waals surface area (Å²) in [4.78, 5) is 14.4. The monoisotopic (exact) mass is 203 g/mol. The van der Waals surface area contributed by atoms with Gasteiger partial charge in [0.25, 0.3) is 5.09 Å². The first-order chi connectivity index (χ1) is 6.60. The molecule has 0 amide bonds. The SMILES string of the molecule is CC1CCCC(O[N+](=O)[O-])C1.CCC. The Morgan fingerprint density at radius 1 is 1.43 bits per heavy atom. The van der Waals surface area contributed by atoms with Gasteiger partial charge in [0.05, 0.1) is 0 Å². The van der Waals surface area contributed by atoms with Crippen LogP contribution in [0.4, 0.5) is 0 Å². The first-order valence-corrected chi connectivity index (χ1v) is 5.41. The molecule has 14 heavy (non-hydrogen) atoms. The highest BCUT2D eigenvalue weighted by Crippen LogP contribution is 2.25. The van der Waals surface area contributed by atoms with E-state index in [2.05, 4.69) is 25.6 Å². The van der Waals surface area contributed by atoms with E-state index in [1.54, 1.807) is 0 Å². The van der Waals surface area contributed by atoms with Gasteiger partial charge in [-0.2, -0.15) is 0 Å². The lowest BCUT2D eigenvalue weighted by atomic mass is 9.89. The van der Waals surface area contributed by atoms with Crippen molar-refractivity contribution in [3.8, 4) is 0 Å². The summed E-state index contributed by atoms with van der Waals surface area (Å²) in [6.45, 7) is 6.36. The summed E-state index contributed by atoms with van der Waals surface area (Å²) in [5.74, 6) is 0.577. The normalized spacial score (nSPS) is 25.9. The zero-order chi connectivity index (χ0) is 11.0. The molecule has 1 rings (SSSR count). The predicted molar refractivity (Wildman–Crippen MR) is 55.5 cm³/mol. The van der Waals surface area contributed by atoms with Crippen LogP contribution in [0.25, 0.3) is 0 Å². The molecule has 1 aliphatic carbocycles. The molecule has 84 valence electrons. The maximum atomic E-state index is 9.96. The molecule has 1 saturated carbocycles. The van der Waals surface area contributed by atoms with Gasteiger partial charge in [0, 0.05) is 0 Å². The van der Waals surface area contributed by atoms with Crippen molar-refractivity contribution < 1.29 is 9.92 Å². The van der Waals surface area contributed by atoms with Gasteiger partial charge in [-0.15, -0.1) is 10.1 Å². The second-order valence-corrected chi connectivity index (χ2v) is 3.93. The highest BCUT2D eigenvalue weighted by molar-refractivity contribution is 4.69. The fourth-order valence-electron chi connectivity index (χ4n) is 1.60. The molecule has 0 heterocycles. The summed E-state index contributed by atoms with van der Waals surface area (Å²) in [5, 5.41) is 9.28.